The van der Waals surface area contributed by atoms with Crippen molar-refractivity contribution in [1.29, 1.82) is 0 Å². The molecule has 0 radical (unpaired) electrons. The van der Waals surface area contributed by atoms with E-state index in [-0.39, 0.29) is 12.4 Å². The molecule has 3 aliphatic rings. The molecule has 0 aromatic carbocycles. The number of carbonyl (C=O) groups is 3. The molecule has 3 rings (SSSR count). The zero-order valence-electron chi connectivity index (χ0n) is 10.6. The molecule has 4 amide bonds. The number of hydrogen-bond donors (Lipinski definition) is 5. The van der Waals surface area contributed by atoms with E-state index in [1.165, 1.54) is 0 Å². The molecule has 2 fully saturated rings. The Kier molecular flexibility index (Phi) is 2.86. The topological polar surface area (TPSA) is 167 Å². The Labute approximate surface area is 117 Å². The monoisotopic (exact) mass is 299 g/mol. The van der Waals surface area contributed by atoms with Gasteiger partial charge in [-0.05, 0) is 0 Å². The maximum atomic E-state index is 12.0. The first-order valence-electron chi connectivity index (χ1n) is 6.16. The molecular weight excluding hydrogens is 286 g/mol. The van der Waals surface area contributed by atoms with Gasteiger partial charge in [0, 0.05) is 6.42 Å². The number of imide groups is 1. The number of nitrogens with zero attached hydrogens (tertiary/aromatic N) is 2. The van der Waals surface area contributed by atoms with Crippen molar-refractivity contribution < 1.29 is 29.3 Å². The lowest BCUT2D eigenvalue weighted by atomic mass is 10.1. The minimum atomic E-state index is -2.17. The van der Waals surface area contributed by atoms with Crippen LogP contribution < -0.4 is 16.4 Å². The van der Waals surface area contributed by atoms with Crippen LogP contribution in [0.4, 0.5) is 4.79 Å². The summed E-state index contributed by atoms with van der Waals surface area (Å²) in [6.45, 7) is -0.467. The summed E-state index contributed by atoms with van der Waals surface area (Å²) in [5.41, 5.74) is 3.23. The molecule has 0 saturated carbocycles. The fraction of sp³-hybridized carbons (Fsp3) is 0.600. The molecule has 0 unspecified atom stereocenters. The molecule has 4 atom stereocenters. The standard InChI is InChI=1S/C10H13N5O6/c11-8-12-6(18)10(14-8)7(19)13-9(20)15(10)5-1-3(17)4(2-16)21-5/h3-5,16-17H,1-2H2,(H,13,19,20)(H3,11,12,14,18)/t3-,4+,5+,10+/m0/s1. The van der Waals surface area contributed by atoms with Crippen molar-refractivity contribution in [3.63, 3.8) is 0 Å². The Morgan fingerprint density at radius 2 is 2.05 bits per heavy atom. The van der Waals surface area contributed by atoms with Crippen molar-refractivity contribution in [2.45, 2.75) is 30.5 Å². The highest BCUT2D eigenvalue weighted by molar-refractivity contribution is 6.25. The smallest absolute Gasteiger partial charge is 0.329 e. The fourth-order valence-electron chi connectivity index (χ4n) is 2.65. The molecule has 0 aliphatic carbocycles. The van der Waals surface area contributed by atoms with E-state index in [4.69, 9.17) is 15.6 Å². The van der Waals surface area contributed by atoms with Crippen LogP contribution in [-0.2, 0) is 14.3 Å². The minimum Gasteiger partial charge on any atom is -0.394 e. The van der Waals surface area contributed by atoms with Gasteiger partial charge in [-0.25, -0.2) is 9.79 Å². The van der Waals surface area contributed by atoms with Gasteiger partial charge in [0.2, 0.25) is 0 Å². The highest BCUT2D eigenvalue weighted by Crippen LogP contribution is 2.34. The predicted octanol–water partition coefficient (Wildman–Crippen LogP) is -3.85. The number of nitrogens with one attached hydrogen (secondary N) is 2. The van der Waals surface area contributed by atoms with Crippen LogP contribution in [0, 0.1) is 0 Å². The number of aliphatic imine (C=N–C) groups is 1. The molecule has 11 nitrogen and oxygen atoms in total. The molecule has 2 saturated heterocycles. The zero-order chi connectivity index (χ0) is 15.4. The van der Waals surface area contributed by atoms with Crippen LogP contribution in [0.5, 0.6) is 0 Å². The summed E-state index contributed by atoms with van der Waals surface area (Å²) in [7, 11) is 0. The number of nitrogens with two attached hydrogens (primary N) is 1. The highest BCUT2D eigenvalue weighted by atomic mass is 16.5. The van der Waals surface area contributed by atoms with Crippen LogP contribution in [0.2, 0.25) is 0 Å². The number of aliphatic hydroxyl groups is 2. The number of urea groups is 1. The molecule has 0 aromatic rings. The quantitative estimate of drug-likeness (QED) is 0.257. The largest absolute Gasteiger partial charge is 0.394 e. The van der Waals surface area contributed by atoms with Crippen LogP contribution >= 0.6 is 0 Å². The molecule has 3 aliphatic heterocycles. The molecule has 3 heterocycles. The van der Waals surface area contributed by atoms with Gasteiger partial charge in [-0.15, -0.1) is 0 Å². The van der Waals surface area contributed by atoms with Crippen molar-refractivity contribution in [3.8, 4) is 0 Å². The molecule has 11 heteroatoms. The molecule has 114 valence electrons. The zero-order valence-corrected chi connectivity index (χ0v) is 10.6. The van der Waals surface area contributed by atoms with E-state index in [1.807, 2.05) is 5.32 Å². The number of aliphatic hydroxyl groups excluding tert-OH is 2. The van der Waals surface area contributed by atoms with Gasteiger partial charge < -0.3 is 20.7 Å². The lowest BCUT2D eigenvalue weighted by molar-refractivity contribution is -0.145. The first-order valence-corrected chi connectivity index (χ1v) is 6.16. The molecule has 0 aromatic heterocycles. The molecule has 1 spiro atoms. The summed E-state index contributed by atoms with van der Waals surface area (Å²) in [6, 6.07) is -0.885. The van der Waals surface area contributed by atoms with E-state index < -0.39 is 48.6 Å². The number of hydrogen-bond acceptors (Lipinski definition) is 8. The lowest BCUT2D eigenvalue weighted by Crippen LogP contribution is -2.58. The van der Waals surface area contributed by atoms with Crippen LogP contribution in [0.25, 0.3) is 0 Å². The van der Waals surface area contributed by atoms with Crippen molar-refractivity contribution in [3.05, 3.63) is 0 Å². The van der Waals surface area contributed by atoms with Gasteiger partial charge >= 0.3 is 11.7 Å². The number of ether oxygens (including phenoxy) is 1. The van der Waals surface area contributed by atoms with E-state index in [0.717, 1.165) is 4.90 Å². The Bertz CT molecular complexity index is 564. The Morgan fingerprint density at radius 1 is 1.38 bits per heavy atom. The summed E-state index contributed by atoms with van der Waals surface area (Å²) >= 11 is 0. The van der Waals surface area contributed by atoms with E-state index in [0.29, 0.717) is 0 Å². The first-order chi connectivity index (χ1) is 9.90. The molecule has 0 bridgehead atoms. The summed E-state index contributed by atoms with van der Waals surface area (Å²) in [6.07, 6.45) is -3.12. The number of guanidine groups is 1. The van der Waals surface area contributed by atoms with Crippen LogP contribution in [0.3, 0.4) is 0 Å². The summed E-state index contributed by atoms with van der Waals surface area (Å²) in [5, 5.41) is 22.9. The van der Waals surface area contributed by atoms with Crippen molar-refractivity contribution in [2.24, 2.45) is 10.7 Å². The van der Waals surface area contributed by atoms with E-state index >= 15 is 0 Å². The average molecular weight is 299 g/mol. The number of amides is 4. The second kappa shape index (κ2) is 4.38. The van der Waals surface area contributed by atoms with Crippen molar-refractivity contribution in [1.82, 2.24) is 15.5 Å². The van der Waals surface area contributed by atoms with Gasteiger partial charge in [0.15, 0.2) is 5.96 Å². The predicted molar refractivity (Wildman–Crippen MR) is 64.2 cm³/mol. The van der Waals surface area contributed by atoms with E-state index in [2.05, 4.69) is 10.3 Å². The average Bonchev–Trinajstić information content (AvgIpc) is 2.98. The van der Waals surface area contributed by atoms with Crippen LogP contribution in [-0.4, -0.2) is 69.6 Å². The van der Waals surface area contributed by atoms with Gasteiger partial charge in [-0.1, -0.05) is 0 Å². The lowest BCUT2D eigenvalue weighted by Gasteiger charge is -2.30. The molecular formula is C10H13N5O6. The van der Waals surface area contributed by atoms with Crippen molar-refractivity contribution >= 4 is 23.8 Å². The second-order valence-corrected chi connectivity index (χ2v) is 4.87. The number of rotatable bonds is 2. The van der Waals surface area contributed by atoms with Crippen LogP contribution in [0.1, 0.15) is 6.42 Å². The second-order valence-electron chi connectivity index (χ2n) is 4.87. The maximum Gasteiger partial charge on any atom is 0.329 e. The summed E-state index contributed by atoms with van der Waals surface area (Å²) in [5.74, 6) is -2.13. The Morgan fingerprint density at radius 3 is 2.57 bits per heavy atom. The third-order valence-electron chi connectivity index (χ3n) is 3.62. The third-order valence-corrected chi connectivity index (χ3v) is 3.62. The minimum absolute atomic E-state index is 0.0730. The third kappa shape index (κ3) is 1.71. The van der Waals surface area contributed by atoms with Gasteiger partial charge in [-0.2, -0.15) is 0 Å². The fourth-order valence-corrected chi connectivity index (χ4v) is 2.65. The first kappa shape index (κ1) is 13.7. The van der Waals surface area contributed by atoms with Gasteiger partial charge in [0.25, 0.3) is 11.8 Å². The normalized spacial score (nSPS) is 39.0. The van der Waals surface area contributed by atoms with Crippen LogP contribution in [0.15, 0.2) is 4.99 Å². The highest BCUT2D eigenvalue weighted by Gasteiger charge is 2.65. The molecule has 21 heavy (non-hydrogen) atoms. The Hall–Kier alpha value is -2.24. The van der Waals surface area contributed by atoms with Gasteiger partial charge in [0.1, 0.15) is 12.3 Å². The van der Waals surface area contributed by atoms with Gasteiger partial charge in [-0.3, -0.25) is 25.1 Å². The SMILES string of the molecule is NC1=N[C@]2(C(=O)NC(=O)N2[C@H]2C[C@H](O)[C@@H](CO)O2)C(=O)N1. The summed E-state index contributed by atoms with van der Waals surface area (Å²) in [4.78, 5) is 40.5. The molecule has 6 N–H and O–H groups in total. The van der Waals surface area contributed by atoms with Crippen molar-refractivity contribution in [2.75, 3.05) is 6.61 Å². The number of carbonyl (C=O) groups excluding carboxylic acids is 3. The van der Waals surface area contributed by atoms with Gasteiger partial charge in [0.05, 0.1) is 12.7 Å². The Balaban J connectivity index is 1.98. The van der Waals surface area contributed by atoms with E-state index in [1.54, 1.807) is 0 Å². The maximum absolute atomic E-state index is 12.0. The van der Waals surface area contributed by atoms with E-state index in [9.17, 15) is 19.5 Å². The summed E-state index contributed by atoms with van der Waals surface area (Å²) < 4.78 is 5.32.